The number of ether oxygens (including phenoxy) is 4. The molecule has 48 heavy (non-hydrogen) atoms. The van der Waals surface area contributed by atoms with Gasteiger partial charge in [-0.1, -0.05) is 32.9 Å². The van der Waals surface area contributed by atoms with Crippen LogP contribution in [0.1, 0.15) is 120 Å². The van der Waals surface area contributed by atoms with Crippen LogP contribution in [0.2, 0.25) is 0 Å². The monoisotopic (exact) mass is 675 g/mol. The van der Waals surface area contributed by atoms with Gasteiger partial charge in [-0.05, 0) is 109 Å². The highest BCUT2D eigenvalue weighted by Gasteiger charge is 2.71. The Morgan fingerprint density at radius 2 is 1.23 bits per heavy atom. The average Bonchev–Trinajstić information content (AvgIpc) is 3.40. The van der Waals surface area contributed by atoms with Gasteiger partial charge in [-0.15, -0.1) is 0 Å². The minimum atomic E-state index is -0.892. The lowest BCUT2D eigenvalue weighted by atomic mass is 9.56. The number of carbonyl (C=O) groups excluding carboxylic acids is 1. The molecule has 8 aliphatic heterocycles. The molecule has 0 N–H and O–H groups in total. The molecular formula is C37H57NO10. The van der Waals surface area contributed by atoms with Crippen LogP contribution < -0.4 is 0 Å². The van der Waals surface area contributed by atoms with Gasteiger partial charge in [0.2, 0.25) is 11.6 Å². The van der Waals surface area contributed by atoms with Crippen LogP contribution in [0.4, 0.5) is 0 Å². The normalized spacial score (nSPS) is 54.5. The van der Waals surface area contributed by atoms with Crippen molar-refractivity contribution in [1.29, 1.82) is 0 Å². The largest absolute Gasteiger partial charge is 0.345 e. The summed E-state index contributed by atoms with van der Waals surface area (Å²) in [5.41, 5.74) is -1.43. The number of oxime groups is 1. The van der Waals surface area contributed by atoms with Crippen LogP contribution in [0, 0.1) is 52.8 Å². The molecule has 8 heterocycles. The molecule has 0 aromatic heterocycles. The van der Waals surface area contributed by atoms with Gasteiger partial charge < -0.3 is 23.8 Å². The van der Waals surface area contributed by atoms with Gasteiger partial charge >= 0.3 is 5.97 Å². The van der Waals surface area contributed by atoms with Crippen molar-refractivity contribution < 1.29 is 48.1 Å². The van der Waals surface area contributed by atoms with Crippen molar-refractivity contribution in [2.75, 3.05) is 0 Å². The molecule has 10 rings (SSSR count). The number of nitrogens with zero attached hydrogens (tertiary/aromatic N) is 1. The highest BCUT2D eigenvalue weighted by molar-refractivity contribution is 5.90. The fraction of sp³-hybridized carbons (Fsp3) is 0.946. The van der Waals surface area contributed by atoms with E-state index in [1.165, 1.54) is 0 Å². The van der Waals surface area contributed by atoms with E-state index in [0.717, 1.165) is 51.4 Å². The van der Waals surface area contributed by atoms with Gasteiger partial charge in [-0.2, -0.15) is 0 Å². The number of rotatable bonds is 4. The molecule has 10 aliphatic rings. The van der Waals surface area contributed by atoms with E-state index in [0.29, 0.717) is 24.0 Å². The van der Waals surface area contributed by atoms with E-state index in [9.17, 15) is 4.79 Å². The Labute approximate surface area is 285 Å². The summed E-state index contributed by atoms with van der Waals surface area (Å²) in [6.45, 7) is 18.5. The molecule has 10 fully saturated rings. The SMILES string of the molecule is C[C@H]1[C@@H](/C(C[C@H]2O[C@@H]3O[C@@]4(C)CC[C@H]5[C@H](C)CC[C@@H]([C@H]2C)[C@@]35OO4)=N\OC(=O)C(C)(C)C)O[C@@H]2O[C@@]3(C)CC[C@H]4[C@H](C)CC[C@@H]1[C@@]24OO3. The van der Waals surface area contributed by atoms with E-state index in [1.807, 2.05) is 34.6 Å². The van der Waals surface area contributed by atoms with Gasteiger partial charge in [0.05, 0.1) is 17.2 Å². The standard InChI is InChI=1S/C37H57NO10/c1-19-10-12-25-21(3)28(40-31-36(25)23(19)14-16-34(8,42-31)45-47-36)18-27(38-44-30(39)33(5,6)7)29-22(4)26-13-11-20(2)24-15-17-35(9)43-32(41-29)37(24,26)48-46-35/h19-26,28-29,31-32H,10-18H2,1-9H3/b38-27-/t19-,20-,21-,22-,23+,24+,25+,26+,28-,29+,31-,32-,34-,35-,36-,37-/m1/s1. The Bertz CT molecular complexity index is 1320. The van der Waals surface area contributed by atoms with Gasteiger partial charge in [-0.3, -0.25) is 0 Å². The second kappa shape index (κ2) is 11.4. The maximum Gasteiger partial charge on any atom is 0.340 e. The Morgan fingerprint density at radius 1 is 0.708 bits per heavy atom. The predicted octanol–water partition coefficient (Wildman–Crippen LogP) is 6.82. The van der Waals surface area contributed by atoms with Gasteiger partial charge in [-0.25, -0.2) is 24.3 Å². The topological polar surface area (TPSA) is 113 Å². The third kappa shape index (κ3) is 4.95. The lowest BCUT2D eigenvalue weighted by Crippen LogP contribution is -2.71. The average molecular weight is 676 g/mol. The fourth-order valence-corrected chi connectivity index (χ4v) is 11.1. The molecule has 8 saturated heterocycles. The Kier molecular flexibility index (Phi) is 8.07. The van der Waals surface area contributed by atoms with Crippen molar-refractivity contribution in [2.45, 2.75) is 168 Å². The third-order valence-electron chi connectivity index (χ3n) is 14.0. The molecule has 0 aromatic rings. The second-order valence-corrected chi connectivity index (χ2v) is 18.2. The summed E-state index contributed by atoms with van der Waals surface area (Å²) in [7, 11) is 0. The minimum Gasteiger partial charge on any atom is -0.345 e. The molecule has 0 amide bonds. The molecule has 0 radical (unpaired) electrons. The molecular weight excluding hydrogens is 618 g/mol. The molecule has 0 aromatic carbocycles. The molecule has 11 heteroatoms. The lowest BCUT2D eigenvalue weighted by Gasteiger charge is -2.61. The molecule has 2 aliphatic carbocycles. The van der Waals surface area contributed by atoms with Gasteiger partial charge in [0, 0.05) is 31.1 Å². The Hall–Kier alpha value is -1.18. The molecule has 0 unspecified atom stereocenters. The van der Waals surface area contributed by atoms with E-state index in [-0.39, 0.29) is 41.6 Å². The number of carbonyl (C=O) groups is 1. The lowest BCUT2D eigenvalue weighted by molar-refractivity contribution is -0.571. The highest BCUT2D eigenvalue weighted by atomic mass is 17.3. The van der Waals surface area contributed by atoms with Crippen LogP contribution in [0.5, 0.6) is 0 Å². The molecule has 2 spiro atoms. The summed E-state index contributed by atoms with van der Waals surface area (Å²) in [6.07, 6.45) is 6.05. The summed E-state index contributed by atoms with van der Waals surface area (Å²) in [6, 6.07) is 0. The van der Waals surface area contributed by atoms with E-state index < -0.39 is 52.8 Å². The maximum absolute atomic E-state index is 13.1. The molecule has 270 valence electrons. The first-order valence-corrected chi connectivity index (χ1v) is 18.8. The van der Waals surface area contributed by atoms with E-state index in [1.54, 1.807) is 0 Å². The van der Waals surface area contributed by atoms with Crippen LogP contribution >= 0.6 is 0 Å². The first-order valence-electron chi connectivity index (χ1n) is 18.8. The smallest absolute Gasteiger partial charge is 0.340 e. The Morgan fingerprint density at radius 3 is 1.77 bits per heavy atom. The summed E-state index contributed by atoms with van der Waals surface area (Å²) in [4.78, 5) is 43.8. The molecule has 4 bridgehead atoms. The first kappa shape index (κ1) is 33.9. The van der Waals surface area contributed by atoms with Crippen LogP contribution in [-0.4, -0.2) is 59.2 Å². The van der Waals surface area contributed by atoms with Gasteiger partial charge in [0.15, 0.2) is 23.8 Å². The zero-order chi connectivity index (χ0) is 34.0. The summed E-state index contributed by atoms with van der Waals surface area (Å²) in [5.74, 6) is -0.327. The van der Waals surface area contributed by atoms with E-state index >= 15 is 0 Å². The van der Waals surface area contributed by atoms with Crippen molar-refractivity contribution in [1.82, 2.24) is 0 Å². The minimum absolute atomic E-state index is 0.0102. The molecule has 2 saturated carbocycles. The molecule has 11 nitrogen and oxygen atoms in total. The highest BCUT2D eigenvalue weighted by Crippen LogP contribution is 2.63. The van der Waals surface area contributed by atoms with E-state index in [4.69, 9.17) is 43.3 Å². The fourth-order valence-electron chi connectivity index (χ4n) is 11.1. The first-order chi connectivity index (χ1) is 22.6. The van der Waals surface area contributed by atoms with Crippen molar-refractivity contribution >= 4 is 11.7 Å². The van der Waals surface area contributed by atoms with Crippen molar-refractivity contribution in [3.8, 4) is 0 Å². The van der Waals surface area contributed by atoms with Crippen molar-refractivity contribution in [3.63, 3.8) is 0 Å². The van der Waals surface area contributed by atoms with Crippen molar-refractivity contribution in [2.24, 2.45) is 57.9 Å². The Balaban J connectivity index is 1.14. The van der Waals surface area contributed by atoms with Crippen LogP contribution in [0.25, 0.3) is 0 Å². The van der Waals surface area contributed by atoms with Crippen LogP contribution in [-0.2, 0) is 48.1 Å². The third-order valence-corrected chi connectivity index (χ3v) is 14.0. The summed E-state index contributed by atoms with van der Waals surface area (Å²) < 4.78 is 27.4. The summed E-state index contributed by atoms with van der Waals surface area (Å²) >= 11 is 0. The quantitative estimate of drug-likeness (QED) is 0.136. The van der Waals surface area contributed by atoms with Gasteiger partial charge in [0.25, 0.3) is 0 Å². The maximum atomic E-state index is 13.1. The van der Waals surface area contributed by atoms with Gasteiger partial charge in [0.1, 0.15) is 6.10 Å². The zero-order valence-electron chi connectivity index (χ0n) is 30.3. The van der Waals surface area contributed by atoms with E-state index in [2.05, 4.69) is 32.9 Å². The van der Waals surface area contributed by atoms with Crippen LogP contribution in [0.3, 0.4) is 0 Å². The number of fused-ring (bicyclic) bond motifs is 4. The van der Waals surface area contributed by atoms with Crippen molar-refractivity contribution in [3.05, 3.63) is 0 Å². The number of hydrogen-bond acceptors (Lipinski definition) is 11. The zero-order valence-corrected chi connectivity index (χ0v) is 30.3. The molecule has 16 atom stereocenters. The second-order valence-electron chi connectivity index (χ2n) is 18.2. The summed E-state index contributed by atoms with van der Waals surface area (Å²) in [5, 5.41) is 4.66. The predicted molar refractivity (Wildman–Crippen MR) is 171 cm³/mol. The van der Waals surface area contributed by atoms with Crippen LogP contribution in [0.15, 0.2) is 5.16 Å². The number of hydrogen-bond donors (Lipinski definition) is 0.